The molecule has 18 heavy (non-hydrogen) atoms. The molecule has 0 heterocycles. The van der Waals surface area contributed by atoms with E-state index in [0.717, 1.165) is 16.8 Å². The van der Waals surface area contributed by atoms with Gasteiger partial charge in [0, 0.05) is 5.56 Å². The van der Waals surface area contributed by atoms with E-state index in [2.05, 4.69) is 19.6 Å². The Balaban J connectivity index is 2.97. The van der Waals surface area contributed by atoms with Crippen LogP contribution in [0.25, 0.3) is 5.57 Å². The largest absolute Gasteiger partial charge is 0.457 e. The molecule has 1 aromatic rings. The molecule has 100 valence electrons. The van der Waals surface area contributed by atoms with Crippen molar-refractivity contribution in [1.29, 1.82) is 0 Å². The van der Waals surface area contributed by atoms with Crippen LogP contribution in [0.5, 0.6) is 0 Å². The smallest absolute Gasteiger partial charge is 0.174 e. The Morgan fingerprint density at radius 3 is 2.33 bits per heavy atom. The third kappa shape index (κ3) is 4.15. The highest BCUT2D eigenvalue weighted by molar-refractivity contribution is 6.74. The van der Waals surface area contributed by atoms with E-state index in [4.69, 9.17) is 4.12 Å². The summed E-state index contributed by atoms with van der Waals surface area (Å²) in [6, 6.07) is 4.28. The third-order valence-electron chi connectivity index (χ3n) is 2.72. The van der Waals surface area contributed by atoms with Gasteiger partial charge in [0.1, 0.15) is 0 Å². The van der Waals surface area contributed by atoms with E-state index in [1.54, 1.807) is 6.07 Å². The second kappa shape index (κ2) is 5.90. The first-order valence-electron chi connectivity index (χ1n) is 5.97. The number of benzene rings is 1. The first-order chi connectivity index (χ1) is 8.22. The van der Waals surface area contributed by atoms with Crippen molar-refractivity contribution in [3.05, 3.63) is 40.6 Å². The fraction of sp³-hybridized carbons (Fsp3) is 0.385. The molecule has 0 saturated carbocycles. The van der Waals surface area contributed by atoms with E-state index in [-0.39, 0.29) is 0 Å². The second-order valence-electron chi connectivity index (χ2n) is 5.41. The zero-order valence-corrected chi connectivity index (χ0v) is 14.0. The normalized spacial score (nSPS) is 14.2. The Morgan fingerprint density at radius 2 is 1.78 bits per heavy atom. The third-order valence-corrected chi connectivity index (χ3v) is 7.72. The van der Waals surface area contributed by atoms with Crippen molar-refractivity contribution >= 4 is 23.7 Å². The highest BCUT2D eigenvalue weighted by atomic mass is 28.4. The Hall–Kier alpha value is -0.786. The van der Waals surface area contributed by atoms with E-state index < -0.39 is 29.7 Å². The molecule has 1 aromatic carbocycles. The van der Waals surface area contributed by atoms with E-state index in [1.165, 1.54) is 6.07 Å². The highest BCUT2D eigenvalue weighted by Gasteiger charge is 2.16. The Kier molecular flexibility index (Phi) is 5.01. The lowest BCUT2D eigenvalue weighted by Gasteiger charge is -2.19. The molecule has 0 saturated heterocycles. The Labute approximate surface area is 111 Å². The fourth-order valence-corrected chi connectivity index (χ4v) is 4.46. The lowest BCUT2D eigenvalue weighted by atomic mass is 10.1. The number of rotatable bonds is 4. The number of allylic oxidation sites excluding steroid dienone is 2. The minimum atomic E-state index is -1.53. The molecule has 0 atom stereocenters. The first kappa shape index (κ1) is 15.3. The molecule has 0 spiro atoms. The van der Waals surface area contributed by atoms with Gasteiger partial charge in [-0.25, -0.2) is 8.78 Å². The summed E-state index contributed by atoms with van der Waals surface area (Å²) >= 11 is 0. The maximum Gasteiger partial charge on any atom is 0.174 e. The first-order valence-corrected chi connectivity index (χ1v) is 10.7. The minimum absolute atomic E-state index is 0.346. The molecule has 0 aliphatic rings. The van der Waals surface area contributed by atoms with Crippen LogP contribution in [0.2, 0.25) is 19.6 Å². The number of hydrogen-bond acceptors (Lipinski definition) is 1. The molecule has 1 rings (SSSR count). The molecule has 0 aliphatic carbocycles. The van der Waals surface area contributed by atoms with Crippen LogP contribution < -0.4 is 0 Å². The van der Waals surface area contributed by atoms with E-state index in [1.807, 2.05) is 13.8 Å². The maximum atomic E-state index is 13.7. The summed E-state index contributed by atoms with van der Waals surface area (Å²) in [6.07, 6.45) is 0. The predicted molar refractivity (Wildman–Crippen MR) is 77.6 cm³/mol. The van der Waals surface area contributed by atoms with Crippen LogP contribution in [0.1, 0.15) is 19.4 Å². The van der Waals surface area contributed by atoms with Gasteiger partial charge in [-0.2, -0.15) is 0 Å². The average molecular weight is 286 g/mol. The van der Waals surface area contributed by atoms with Crippen LogP contribution in [-0.2, 0) is 4.12 Å². The summed E-state index contributed by atoms with van der Waals surface area (Å²) in [5, 5.41) is 1.07. The molecule has 0 unspecified atom stereocenters. The van der Waals surface area contributed by atoms with Gasteiger partial charge in [-0.3, -0.25) is 0 Å². The van der Waals surface area contributed by atoms with Crippen molar-refractivity contribution in [3.63, 3.8) is 0 Å². The molecule has 1 nitrogen and oxygen atoms in total. The van der Waals surface area contributed by atoms with Crippen LogP contribution >= 0.6 is 0 Å². The number of halogens is 2. The van der Waals surface area contributed by atoms with Gasteiger partial charge >= 0.3 is 0 Å². The molecule has 0 aliphatic heterocycles. The zero-order chi connectivity index (χ0) is 13.9. The zero-order valence-electron chi connectivity index (χ0n) is 11.6. The van der Waals surface area contributed by atoms with Gasteiger partial charge < -0.3 is 4.12 Å². The van der Waals surface area contributed by atoms with Gasteiger partial charge in [0.2, 0.25) is 0 Å². The van der Waals surface area contributed by atoms with Gasteiger partial charge in [0.05, 0.1) is 0 Å². The number of hydrogen-bond donors (Lipinski definition) is 0. The molecule has 0 radical (unpaired) electrons. The van der Waals surface area contributed by atoms with Gasteiger partial charge in [-0.15, -0.1) is 0 Å². The van der Waals surface area contributed by atoms with Crippen molar-refractivity contribution in [2.75, 3.05) is 0 Å². The van der Waals surface area contributed by atoms with Crippen molar-refractivity contribution in [1.82, 2.24) is 0 Å². The molecule has 0 fully saturated rings. The standard InChI is InChI=1S/C13H20F2OSi2/c1-9(10(2)17-16-18(3,4)5)11-7-6-8-12(14)13(11)15/h6-8H,17H2,1-5H3. The molecule has 0 aromatic heterocycles. The summed E-state index contributed by atoms with van der Waals surface area (Å²) in [5.41, 5.74) is 1.15. The van der Waals surface area contributed by atoms with Crippen molar-refractivity contribution in [3.8, 4) is 0 Å². The van der Waals surface area contributed by atoms with E-state index >= 15 is 0 Å². The SMILES string of the molecule is CC([SiH2]O[Si](C)(C)C)=C(C)c1cccc(F)c1F. The lowest BCUT2D eigenvalue weighted by Crippen LogP contribution is -2.28. The van der Waals surface area contributed by atoms with Crippen molar-refractivity contribution < 1.29 is 12.9 Å². The van der Waals surface area contributed by atoms with Gasteiger partial charge in [0.15, 0.2) is 29.7 Å². The fourth-order valence-electron chi connectivity index (χ4n) is 1.46. The maximum absolute atomic E-state index is 13.7. The summed E-state index contributed by atoms with van der Waals surface area (Å²) in [5.74, 6) is -1.57. The topological polar surface area (TPSA) is 9.23 Å². The van der Waals surface area contributed by atoms with Crippen LogP contribution in [-0.4, -0.2) is 18.1 Å². The Morgan fingerprint density at radius 1 is 1.17 bits per heavy atom. The van der Waals surface area contributed by atoms with Crippen LogP contribution in [0.3, 0.4) is 0 Å². The minimum Gasteiger partial charge on any atom is -0.457 e. The van der Waals surface area contributed by atoms with Crippen LogP contribution in [0.15, 0.2) is 23.4 Å². The Bertz CT molecular complexity index is 465. The van der Waals surface area contributed by atoms with Crippen molar-refractivity contribution in [2.45, 2.75) is 33.5 Å². The van der Waals surface area contributed by atoms with Crippen molar-refractivity contribution in [2.24, 2.45) is 0 Å². The molecular formula is C13H20F2OSi2. The monoisotopic (exact) mass is 286 g/mol. The van der Waals surface area contributed by atoms with Gasteiger partial charge in [0.25, 0.3) is 0 Å². The average Bonchev–Trinajstić information content (AvgIpc) is 2.28. The summed E-state index contributed by atoms with van der Waals surface area (Å²) in [4.78, 5) is 0. The summed E-state index contributed by atoms with van der Waals surface area (Å²) in [6.45, 7) is 10.2. The van der Waals surface area contributed by atoms with Gasteiger partial charge in [-0.1, -0.05) is 17.3 Å². The molecular weight excluding hydrogens is 266 g/mol. The van der Waals surface area contributed by atoms with Gasteiger partial charge in [-0.05, 0) is 45.1 Å². The summed E-state index contributed by atoms with van der Waals surface area (Å²) < 4.78 is 32.7. The summed E-state index contributed by atoms with van der Waals surface area (Å²) in [7, 11) is -2.37. The molecule has 0 amide bonds. The highest BCUT2D eigenvalue weighted by Crippen LogP contribution is 2.23. The molecule has 0 bridgehead atoms. The molecule has 0 N–H and O–H groups in total. The predicted octanol–water partition coefficient (Wildman–Crippen LogP) is 3.65. The lowest BCUT2D eigenvalue weighted by molar-refractivity contribution is 0.506. The second-order valence-corrected chi connectivity index (χ2v) is 12.1. The molecule has 5 heteroatoms. The van der Waals surface area contributed by atoms with E-state index in [9.17, 15) is 8.78 Å². The van der Waals surface area contributed by atoms with Crippen LogP contribution in [0, 0.1) is 11.6 Å². The van der Waals surface area contributed by atoms with E-state index in [0.29, 0.717) is 5.56 Å². The van der Waals surface area contributed by atoms with Crippen LogP contribution in [0.4, 0.5) is 8.78 Å². The quantitative estimate of drug-likeness (QED) is 0.768.